The summed E-state index contributed by atoms with van der Waals surface area (Å²) in [4.78, 5) is 0. The fourth-order valence-corrected chi connectivity index (χ4v) is 4.24. The van der Waals surface area contributed by atoms with E-state index in [0.29, 0.717) is 0 Å². The van der Waals surface area contributed by atoms with Crippen molar-refractivity contribution in [2.75, 3.05) is 0 Å². The van der Waals surface area contributed by atoms with Gasteiger partial charge in [0, 0.05) is 0 Å². The lowest BCUT2D eigenvalue weighted by Crippen LogP contribution is -2.22. The van der Waals surface area contributed by atoms with E-state index in [-0.39, 0.29) is 0 Å². The molecule has 0 nitrogen and oxygen atoms in total. The molecule has 0 bridgehead atoms. The Labute approximate surface area is 84.2 Å². The van der Waals surface area contributed by atoms with Crippen molar-refractivity contribution in [2.45, 2.75) is 25.8 Å². The second-order valence-corrected chi connectivity index (χ2v) is 7.63. The van der Waals surface area contributed by atoms with Crippen LogP contribution in [0, 0.1) is 0 Å². The predicted molar refractivity (Wildman–Crippen MR) is 60.5 cm³/mol. The molecule has 12 heavy (non-hydrogen) atoms. The van der Waals surface area contributed by atoms with Gasteiger partial charge in [0.2, 0.25) is 0 Å². The maximum Gasteiger partial charge on any atom is 0.169 e. The number of halogens is 1. The Hall–Kier alpha value is -0.0831. The van der Waals surface area contributed by atoms with Crippen LogP contribution in [0.5, 0.6) is 0 Å². The topological polar surface area (TPSA) is 0 Å². The molecule has 0 aliphatic rings. The lowest BCUT2D eigenvalue weighted by molar-refractivity contribution is 0.880. The lowest BCUT2D eigenvalue weighted by Gasteiger charge is -2.05. The molecule has 1 rings (SSSR count). The van der Waals surface area contributed by atoms with Gasteiger partial charge in [-0.3, -0.25) is 0 Å². The monoisotopic (exact) mass is 241 g/mol. The summed E-state index contributed by atoms with van der Waals surface area (Å²) < 4.78 is 0. The Bertz CT molecular complexity index is 210. The summed E-state index contributed by atoms with van der Waals surface area (Å²) >= 11 is 3.79. The van der Waals surface area contributed by atoms with Crippen LogP contribution < -0.4 is 5.19 Å². The average molecular weight is 242 g/mol. The first-order valence-electron chi connectivity index (χ1n) is 4.41. The maximum atomic E-state index is 3.79. The highest BCUT2D eigenvalue weighted by Crippen LogP contribution is 2.06. The molecule has 2 heteroatoms. The van der Waals surface area contributed by atoms with Gasteiger partial charge in [-0.1, -0.05) is 50.1 Å². The summed E-state index contributed by atoms with van der Waals surface area (Å²) in [5, 5.41) is 1.50. The second kappa shape index (κ2) is 5.54. The minimum atomic E-state index is -0.417. The van der Waals surface area contributed by atoms with Gasteiger partial charge >= 0.3 is 0 Å². The van der Waals surface area contributed by atoms with Crippen molar-refractivity contribution in [2.24, 2.45) is 0 Å². The molecule has 0 N–H and O–H groups in total. The molecule has 0 heterocycles. The summed E-state index contributed by atoms with van der Waals surface area (Å²) in [6.45, 7) is 2.24. The second-order valence-electron chi connectivity index (χ2n) is 2.87. The van der Waals surface area contributed by atoms with Crippen LogP contribution in [-0.4, -0.2) is 7.42 Å². The summed E-state index contributed by atoms with van der Waals surface area (Å²) in [5.41, 5.74) is 0. The highest BCUT2D eigenvalue weighted by Gasteiger charge is 2.07. The number of benzene rings is 1. The van der Waals surface area contributed by atoms with Gasteiger partial charge in [0.1, 0.15) is 0 Å². The van der Waals surface area contributed by atoms with E-state index in [1.807, 2.05) is 0 Å². The quantitative estimate of drug-likeness (QED) is 0.562. The van der Waals surface area contributed by atoms with Gasteiger partial charge in [0.05, 0.1) is 0 Å². The number of rotatable bonds is 4. The molecular formula is C10H14BrSi. The zero-order valence-corrected chi connectivity index (χ0v) is 9.97. The molecule has 0 saturated heterocycles. The van der Waals surface area contributed by atoms with Gasteiger partial charge in [-0.05, 0) is 11.2 Å². The molecule has 1 aromatic carbocycles. The van der Waals surface area contributed by atoms with Crippen LogP contribution in [0.15, 0.2) is 30.3 Å². The summed E-state index contributed by atoms with van der Waals surface area (Å²) in [6, 6.07) is 12.1. The molecule has 1 aromatic rings. The van der Waals surface area contributed by atoms with E-state index in [2.05, 4.69) is 52.5 Å². The fraction of sp³-hybridized carbons (Fsp3) is 0.400. The molecule has 0 fully saturated rings. The van der Waals surface area contributed by atoms with Crippen LogP contribution in [0.4, 0.5) is 0 Å². The van der Waals surface area contributed by atoms with Crippen LogP contribution >= 0.6 is 15.3 Å². The normalized spacial score (nSPS) is 10.6. The molecule has 0 spiro atoms. The van der Waals surface area contributed by atoms with E-state index in [0.717, 1.165) is 0 Å². The van der Waals surface area contributed by atoms with Crippen LogP contribution in [0.1, 0.15) is 19.8 Å². The Morgan fingerprint density at radius 1 is 1.25 bits per heavy atom. The van der Waals surface area contributed by atoms with E-state index in [1.165, 1.54) is 24.1 Å². The highest BCUT2D eigenvalue weighted by atomic mass is 79.9. The zero-order valence-electron chi connectivity index (χ0n) is 7.39. The van der Waals surface area contributed by atoms with Crippen LogP contribution in [-0.2, 0) is 0 Å². The van der Waals surface area contributed by atoms with Crippen LogP contribution in [0.2, 0.25) is 6.04 Å². The highest BCUT2D eigenvalue weighted by molar-refractivity contribution is 9.25. The van der Waals surface area contributed by atoms with Crippen molar-refractivity contribution < 1.29 is 0 Å². The minimum absolute atomic E-state index is 0.417. The Morgan fingerprint density at radius 2 is 1.92 bits per heavy atom. The maximum absolute atomic E-state index is 3.79. The lowest BCUT2D eigenvalue weighted by atomic mass is 10.4. The van der Waals surface area contributed by atoms with Gasteiger partial charge in [-0.25, -0.2) is 0 Å². The van der Waals surface area contributed by atoms with E-state index in [9.17, 15) is 0 Å². The predicted octanol–water partition coefficient (Wildman–Crippen LogP) is 3.08. The smallest absolute Gasteiger partial charge is 0.122 e. The van der Waals surface area contributed by atoms with Crippen LogP contribution in [0.25, 0.3) is 0 Å². The first-order chi connectivity index (χ1) is 5.84. The third kappa shape index (κ3) is 3.11. The summed E-state index contributed by atoms with van der Waals surface area (Å²) in [7, 11) is -0.417. The van der Waals surface area contributed by atoms with Crippen molar-refractivity contribution >= 4 is 27.9 Å². The number of hydrogen-bond acceptors (Lipinski definition) is 0. The Morgan fingerprint density at radius 3 is 2.50 bits per heavy atom. The van der Waals surface area contributed by atoms with Gasteiger partial charge in [-0.15, -0.1) is 15.3 Å². The first kappa shape index (κ1) is 10.0. The van der Waals surface area contributed by atoms with Gasteiger partial charge in [-0.2, -0.15) is 0 Å². The first-order valence-corrected chi connectivity index (χ1v) is 8.37. The van der Waals surface area contributed by atoms with Gasteiger partial charge in [0.25, 0.3) is 0 Å². The SMILES string of the molecule is CCCC[Si](Br)c1ccccc1. The molecule has 1 radical (unpaired) electrons. The van der Waals surface area contributed by atoms with Crippen molar-refractivity contribution in [1.82, 2.24) is 0 Å². The van der Waals surface area contributed by atoms with E-state index >= 15 is 0 Å². The number of hydrogen-bond donors (Lipinski definition) is 0. The molecular weight excluding hydrogens is 228 g/mol. The molecule has 0 aromatic heterocycles. The molecule has 0 atom stereocenters. The summed E-state index contributed by atoms with van der Waals surface area (Å²) in [5.74, 6) is 0. The molecule has 0 aliphatic carbocycles. The van der Waals surface area contributed by atoms with E-state index in [1.54, 1.807) is 0 Å². The van der Waals surface area contributed by atoms with Crippen molar-refractivity contribution in [1.29, 1.82) is 0 Å². The van der Waals surface area contributed by atoms with E-state index < -0.39 is 7.42 Å². The molecule has 65 valence electrons. The molecule has 0 unspecified atom stereocenters. The van der Waals surface area contributed by atoms with Crippen molar-refractivity contribution in [3.05, 3.63) is 30.3 Å². The van der Waals surface area contributed by atoms with Crippen molar-refractivity contribution in [3.8, 4) is 0 Å². The van der Waals surface area contributed by atoms with Gasteiger partial charge < -0.3 is 0 Å². The largest absolute Gasteiger partial charge is 0.169 e. The Balaban J connectivity index is 2.48. The average Bonchev–Trinajstić information content (AvgIpc) is 2.15. The van der Waals surface area contributed by atoms with Crippen LogP contribution in [0.3, 0.4) is 0 Å². The Kier molecular flexibility index (Phi) is 4.62. The molecule has 0 saturated carbocycles. The summed E-state index contributed by atoms with van der Waals surface area (Å²) in [6.07, 6.45) is 2.64. The minimum Gasteiger partial charge on any atom is -0.122 e. The number of unbranched alkanes of at least 4 members (excludes halogenated alkanes) is 1. The molecule has 0 amide bonds. The third-order valence-corrected chi connectivity index (χ3v) is 6.15. The fourth-order valence-electron chi connectivity index (χ4n) is 1.10. The van der Waals surface area contributed by atoms with Gasteiger partial charge in [0.15, 0.2) is 7.42 Å². The van der Waals surface area contributed by atoms with Crippen molar-refractivity contribution in [3.63, 3.8) is 0 Å². The standard InChI is InChI=1S/C10H14BrSi/c1-2-3-9-12(11)10-7-5-4-6-8-10/h4-8H,2-3,9H2,1H3. The molecule has 0 aliphatic heterocycles. The third-order valence-electron chi connectivity index (χ3n) is 1.84. The zero-order chi connectivity index (χ0) is 8.81. The van der Waals surface area contributed by atoms with E-state index in [4.69, 9.17) is 0 Å².